The molecule has 6 heteroatoms. The molecule has 0 radical (unpaired) electrons. The molecule has 3 rings (SSSR count). The number of carboxylic acid groups (broad SMARTS) is 1. The van der Waals surface area contributed by atoms with Crippen LogP contribution in [-0.4, -0.2) is 53.4 Å². The van der Waals surface area contributed by atoms with Crippen molar-refractivity contribution < 1.29 is 19.4 Å². The summed E-state index contributed by atoms with van der Waals surface area (Å²) in [5, 5.41) is 8.93. The maximum atomic E-state index is 10.9. The topological polar surface area (TPSA) is 71.9 Å². The molecule has 0 aliphatic carbocycles. The van der Waals surface area contributed by atoms with Crippen LogP contribution in [-0.2, 0) is 16.1 Å². The van der Waals surface area contributed by atoms with Crippen molar-refractivity contribution in [1.29, 1.82) is 0 Å². The highest BCUT2D eigenvalue weighted by atomic mass is 16.5. The standard InChI is InChI=1S/C20H24N2O4/c1-2-18-13-22(8-9-25-18)12-17-10-15(16-4-3-7-21-11-16)5-6-19(17)26-14-20(23)24/h3-7,10-11,18H,2,8-9,12-14H2,1H3,(H,23,24). The molecule has 0 bridgehead atoms. The Morgan fingerprint density at radius 3 is 3.00 bits per heavy atom. The molecule has 1 aromatic carbocycles. The molecule has 1 aromatic heterocycles. The number of rotatable bonds is 7. The van der Waals surface area contributed by atoms with E-state index in [0.29, 0.717) is 18.9 Å². The number of hydrogen-bond acceptors (Lipinski definition) is 5. The highest BCUT2D eigenvalue weighted by molar-refractivity contribution is 5.69. The Hall–Kier alpha value is -2.44. The lowest BCUT2D eigenvalue weighted by atomic mass is 10.0. The molecule has 2 aromatic rings. The lowest BCUT2D eigenvalue weighted by Crippen LogP contribution is -2.41. The third-order valence-electron chi connectivity index (χ3n) is 4.48. The van der Waals surface area contributed by atoms with Gasteiger partial charge in [0.2, 0.25) is 0 Å². The van der Waals surface area contributed by atoms with Gasteiger partial charge in [-0.1, -0.05) is 19.1 Å². The Morgan fingerprint density at radius 2 is 2.27 bits per heavy atom. The van der Waals surface area contributed by atoms with E-state index in [1.54, 1.807) is 6.20 Å². The first kappa shape index (κ1) is 18.4. The van der Waals surface area contributed by atoms with Crippen LogP contribution < -0.4 is 4.74 Å². The summed E-state index contributed by atoms with van der Waals surface area (Å²) in [5.41, 5.74) is 3.03. The van der Waals surface area contributed by atoms with Crippen LogP contribution in [0.2, 0.25) is 0 Å². The maximum absolute atomic E-state index is 10.9. The first-order valence-electron chi connectivity index (χ1n) is 8.87. The zero-order chi connectivity index (χ0) is 18.4. The molecule has 138 valence electrons. The van der Waals surface area contributed by atoms with Crippen molar-refractivity contribution in [2.24, 2.45) is 0 Å². The van der Waals surface area contributed by atoms with E-state index in [1.807, 2.05) is 30.5 Å². The second kappa shape index (κ2) is 8.78. The minimum atomic E-state index is -0.982. The summed E-state index contributed by atoms with van der Waals surface area (Å²) in [5.74, 6) is -0.371. The summed E-state index contributed by atoms with van der Waals surface area (Å²) in [6.07, 6.45) is 4.79. The van der Waals surface area contributed by atoms with Gasteiger partial charge in [-0.05, 0) is 30.2 Å². The van der Waals surface area contributed by atoms with Crippen molar-refractivity contribution in [2.45, 2.75) is 26.0 Å². The molecule has 0 saturated carbocycles. The fraction of sp³-hybridized carbons (Fsp3) is 0.400. The molecular weight excluding hydrogens is 332 g/mol. The SMILES string of the molecule is CCC1CN(Cc2cc(-c3cccnc3)ccc2OCC(=O)O)CCO1. The van der Waals surface area contributed by atoms with Crippen LogP contribution in [0, 0.1) is 0 Å². The molecule has 1 atom stereocenters. The van der Waals surface area contributed by atoms with Crippen LogP contribution in [0.25, 0.3) is 11.1 Å². The molecule has 1 aliphatic rings. The molecule has 1 saturated heterocycles. The van der Waals surface area contributed by atoms with Gasteiger partial charge in [0.05, 0.1) is 12.7 Å². The summed E-state index contributed by atoms with van der Waals surface area (Å²) in [7, 11) is 0. The average Bonchev–Trinajstić information content (AvgIpc) is 2.67. The van der Waals surface area contributed by atoms with Gasteiger partial charge in [0.1, 0.15) is 5.75 Å². The molecule has 2 heterocycles. The van der Waals surface area contributed by atoms with E-state index in [2.05, 4.69) is 22.9 Å². The number of nitrogens with zero attached hydrogens (tertiary/aromatic N) is 2. The summed E-state index contributed by atoms with van der Waals surface area (Å²) in [6, 6.07) is 9.75. The van der Waals surface area contributed by atoms with E-state index in [1.165, 1.54) is 0 Å². The van der Waals surface area contributed by atoms with Crippen molar-refractivity contribution in [3.63, 3.8) is 0 Å². The van der Waals surface area contributed by atoms with E-state index in [4.69, 9.17) is 14.6 Å². The number of ether oxygens (including phenoxy) is 2. The number of aliphatic carboxylic acids is 1. The summed E-state index contributed by atoms with van der Waals surface area (Å²) in [6.45, 7) is 4.91. The van der Waals surface area contributed by atoms with Crippen molar-refractivity contribution in [3.05, 3.63) is 48.3 Å². The fourth-order valence-electron chi connectivity index (χ4n) is 3.11. The Labute approximate surface area is 153 Å². The zero-order valence-corrected chi connectivity index (χ0v) is 14.9. The summed E-state index contributed by atoms with van der Waals surface area (Å²) < 4.78 is 11.2. The molecule has 26 heavy (non-hydrogen) atoms. The number of hydrogen-bond donors (Lipinski definition) is 1. The number of morpholine rings is 1. The van der Waals surface area contributed by atoms with E-state index in [-0.39, 0.29) is 12.7 Å². The van der Waals surface area contributed by atoms with Crippen LogP contribution in [0.15, 0.2) is 42.7 Å². The minimum absolute atomic E-state index is 0.244. The van der Waals surface area contributed by atoms with E-state index in [9.17, 15) is 4.79 Å². The smallest absolute Gasteiger partial charge is 0.341 e. The van der Waals surface area contributed by atoms with Crippen molar-refractivity contribution in [1.82, 2.24) is 9.88 Å². The molecule has 6 nitrogen and oxygen atoms in total. The Balaban J connectivity index is 1.84. The lowest BCUT2D eigenvalue weighted by Gasteiger charge is -2.32. The Morgan fingerprint density at radius 1 is 1.38 bits per heavy atom. The van der Waals surface area contributed by atoms with Crippen LogP contribution in [0.1, 0.15) is 18.9 Å². The van der Waals surface area contributed by atoms with Gasteiger partial charge < -0.3 is 14.6 Å². The summed E-state index contributed by atoms with van der Waals surface area (Å²) in [4.78, 5) is 17.4. The second-order valence-electron chi connectivity index (χ2n) is 6.38. The van der Waals surface area contributed by atoms with Gasteiger partial charge in [0, 0.05) is 43.2 Å². The minimum Gasteiger partial charge on any atom is -0.482 e. The molecule has 1 aliphatic heterocycles. The average molecular weight is 356 g/mol. The van der Waals surface area contributed by atoms with Gasteiger partial charge in [-0.25, -0.2) is 4.79 Å². The molecular formula is C20H24N2O4. The van der Waals surface area contributed by atoms with Gasteiger partial charge >= 0.3 is 5.97 Å². The highest BCUT2D eigenvalue weighted by Crippen LogP contribution is 2.28. The second-order valence-corrected chi connectivity index (χ2v) is 6.38. The van der Waals surface area contributed by atoms with Crippen molar-refractivity contribution in [3.8, 4) is 16.9 Å². The summed E-state index contributed by atoms with van der Waals surface area (Å²) >= 11 is 0. The van der Waals surface area contributed by atoms with Gasteiger partial charge in [0.25, 0.3) is 0 Å². The number of pyridine rings is 1. The van der Waals surface area contributed by atoms with Crippen LogP contribution in [0.4, 0.5) is 0 Å². The molecule has 0 amide bonds. The normalized spacial score (nSPS) is 17.8. The quantitative estimate of drug-likeness (QED) is 0.822. The third kappa shape index (κ3) is 4.80. The molecule has 1 fully saturated rings. The molecule has 1 unspecified atom stereocenters. The van der Waals surface area contributed by atoms with E-state index in [0.717, 1.165) is 36.2 Å². The van der Waals surface area contributed by atoms with Gasteiger partial charge in [-0.2, -0.15) is 0 Å². The van der Waals surface area contributed by atoms with Gasteiger partial charge in [0.15, 0.2) is 6.61 Å². The Kier molecular flexibility index (Phi) is 6.20. The monoisotopic (exact) mass is 356 g/mol. The number of carbonyl (C=O) groups is 1. The predicted octanol–water partition coefficient (Wildman–Crippen LogP) is 2.82. The maximum Gasteiger partial charge on any atom is 0.341 e. The van der Waals surface area contributed by atoms with Crippen LogP contribution in [0.3, 0.4) is 0 Å². The Bertz CT molecular complexity index is 736. The predicted molar refractivity (Wildman–Crippen MR) is 98.1 cm³/mol. The van der Waals surface area contributed by atoms with Crippen LogP contribution >= 0.6 is 0 Å². The van der Waals surface area contributed by atoms with Gasteiger partial charge in [-0.3, -0.25) is 9.88 Å². The van der Waals surface area contributed by atoms with E-state index >= 15 is 0 Å². The van der Waals surface area contributed by atoms with Crippen molar-refractivity contribution >= 4 is 5.97 Å². The zero-order valence-electron chi connectivity index (χ0n) is 14.9. The van der Waals surface area contributed by atoms with E-state index < -0.39 is 5.97 Å². The highest BCUT2D eigenvalue weighted by Gasteiger charge is 2.20. The van der Waals surface area contributed by atoms with Crippen molar-refractivity contribution in [2.75, 3.05) is 26.3 Å². The first-order chi connectivity index (χ1) is 12.7. The van der Waals surface area contributed by atoms with Gasteiger partial charge in [-0.15, -0.1) is 0 Å². The van der Waals surface area contributed by atoms with Crippen LogP contribution in [0.5, 0.6) is 5.75 Å². The largest absolute Gasteiger partial charge is 0.482 e. The third-order valence-corrected chi connectivity index (χ3v) is 4.48. The number of benzene rings is 1. The first-order valence-corrected chi connectivity index (χ1v) is 8.87. The number of aromatic nitrogens is 1. The lowest BCUT2D eigenvalue weighted by molar-refractivity contribution is -0.139. The fourth-order valence-corrected chi connectivity index (χ4v) is 3.11. The molecule has 0 spiro atoms. The molecule has 1 N–H and O–H groups in total. The number of carboxylic acids is 1.